The van der Waals surface area contributed by atoms with Crippen LogP contribution < -0.4 is 10.6 Å². The molecule has 2 aliphatic rings. The number of hydrogen-bond donors (Lipinski definition) is 2. The average molecular weight is 418 g/mol. The number of rotatable bonds is 4. The third-order valence-electron chi connectivity index (χ3n) is 5.14. The lowest BCUT2D eigenvalue weighted by atomic mass is 9.95. The highest BCUT2D eigenvalue weighted by atomic mass is 35.5. The van der Waals surface area contributed by atoms with E-state index in [9.17, 15) is 13.2 Å². The second kappa shape index (κ2) is 9.34. The molecule has 0 spiro atoms. The van der Waals surface area contributed by atoms with Gasteiger partial charge in [-0.15, -0.1) is 12.4 Å². The summed E-state index contributed by atoms with van der Waals surface area (Å²) in [6.07, 6.45) is 0.873. The first-order valence-electron chi connectivity index (χ1n) is 9.09. The van der Waals surface area contributed by atoms with Gasteiger partial charge in [-0.1, -0.05) is 13.0 Å². The lowest BCUT2D eigenvalue weighted by Gasteiger charge is -2.30. The fraction of sp³-hybridized carbons (Fsp3) is 0.611. The standard InChI is InChI=1S/C18H27N3O4S.ClH/c1-13-3-4-15(18(22)20-16-5-6-19-12-14(16)2)11-17(13)26(23,24)21-7-9-25-10-8-21;/h3-4,11,14,16,19H,5-10,12H2,1-2H3,(H,20,22);1H. The largest absolute Gasteiger partial charge is 0.379 e. The molecular weight excluding hydrogens is 390 g/mol. The molecule has 1 amide bonds. The van der Waals surface area contributed by atoms with Crippen LogP contribution in [0.25, 0.3) is 0 Å². The van der Waals surface area contributed by atoms with E-state index in [-0.39, 0.29) is 29.3 Å². The zero-order chi connectivity index (χ0) is 18.7. The van der Waals surface area contributed by atoms with E-state index in [0.717, 1.165) is 19.5 Å². The predicted molar refractivity (Wildman–Crippen MR) is 106 cm³/mol. The number of amides is 1. The molecule has 2 saturated heterocycles. The number of benzene rings is 1. The summed E-state index contributed by atoms with van der Waals surface area (Å²) < 4.78 is 32.6. The Labute approximate surface area is 167 Å². The first-order valence-corrected chi connectivity index (χ1v) is 10.5. The van der Waals surface area contributed by atoms with Crippen LogP contribution in [0.2, 0.25) is 0 Å². The van der Waals surface area contributed by atoms with Crippen molar-refractivity contribution < 1.29 is 17.9 Å². The highest BCUT2D eigenvalue weighted by Crippen LogP contribution is 2.23. The molecule has 1 aromatic carbocycles. The van der Waals surface area contributed by atoms with Gasteiger partial charge >= 0.3 is 0 Å². The molecule has 3 rings (SSSR count). The highest BCUT2D eigenvalue weighted by Gasteiger charge is 2.29. The van der Waals surface area contributed by atoms with Crippen LogP contribution in [0.15, 0.2) is 23.1 Å². The minimum Gasteiger partial charge on any atom is -0.379 e. The van der Waals surface area contributed by atoms with Crippen LogP contribution in [0.4, 0.5) is 0 Å². The maximum atomic E-state index is 13.0. The van der Waals surface area contributed by atoms with Gasteiger partial charge in [-0.25, -0.2) is 8.42 Å². The van der Waals surface area contributed by atoms with Crippen molar-refractivity contribution in [2.24, 2.45) is 5.92 Å². The van der Waals surface area contributed by atoms with Gasteiger partial charge < -0.3 is 15.4 Å². The molecule has 2 N–H and O–H groups in total. The van der Waals surface area contributed by atoms with E-state index < -0.39 is 10.0 Å². The first-order chi connectivity index (χ1) is 12.4. The van der Waals surface area contributed by atoms with Crippen LogP contribution in [0.1, 0.15) is 29.3 Å². The predicted octanol–water partition coefficient (Wildman–Crippen LogP) is 1.17. The number of carbonyl (C=O) groups excluding carboxylic acids is 1. The van der Waals surface area contributed by atoms with Gasteiger partial charge in [0.25, 0.3) is 5.91 Å². The summed E-state index contributed by atoms with van der Waals surface area (Å²) in [5.74, 6) is 0.122. The Kier molecular flexibility index (Phi) is 7.64. The van der Waals surface area contributed by atoms with Crippen molar-refractivity contribution in [2.45, 2.75) is 31.2 Å². The van der Waals surface area contributed by atoms with Gasteiger partial charge in [-0.2, -0.15) is 4.31 Å². The van der Waals surface area contributed by atoms with Crippen LogP contribution in [0.5, 0.6) is 0 Å². The summed E-state index contributed by atoms with van der Waals surface area (Å²) in [5.41, 5.74) is 1.02. The number of piperidine rings is 1. The van der Waals surface area contributed by atoms with Crippen LogP contribution in [0.3, 0.4) is 0 Å². The molecule has 152 valence electrons. The van der Waals surface area contributed by atoms with Crippen molar-refractivity contribution in [3.05, 3.63) is 29.3 Å². The van der Waals surface area contributed by atoms with Crippen molar-refractivity contribution in [2.75, 3.05) is 39.4 Å². The first kappa shape index (κ1) is 22.1. The Morgan fingerprint density at radius 1 is 1.30 bits per heavy atom. The highest BCUT2D eigenvalue weighted by molar-refractivity contribution is 7.89. The number of halogens is 1. The summed E-state index contributed by atoms with van der Waals surface area (Å²) in [4.78, 5) is 12.9. The average Bonchev–Trinajstić information content (AvgIpc) is 2.64. The van der Waals surface area contributed by atoms with E-state index >= 15 is 0 Å². The third-order valence-corrected chi connectivity index (χ3v) is 7.18. The minimum absolute atomic E-state index is 0. The number of ether oxygens (including phenoxy) is 1. The van der Waals surface area contributed by atoms with Crippen molar-refractivity contribution in [1.29, 1.82) is 0 Å². The minimum atomic E-state index is -3.63. The van der Waals surface area contributed by atoms with Gasteiger partial charge in [0.1, 0.15) is 0 Å². The summed E-state index contributed by atoms with van der Waals surface area (Å²) in [6.45, 7) is 7.06. The summed E-state index contributed by atoms with van der Waals surface area (Å²) in [5, 5.41) is 6.36. The van der Waals surface area contributed by atoms with Gasteiger partial charge in [-0.3, -0.25) is 4.79 Å². The van der Waals surface area contributed by atoms with E-state index in [4.69, 9.17) is 4.74 Å². The molecule has 0 radical (unpaired) electrons. The Morgan fingerprint density at radius 3 is 2.67 bits per heavy atom. The molecule has 2 unspecified atom stereocenters. The molecule has 2 fully saturated rings. The van der Waals surface area contributed by atoms with Crippen molar-refractivity contribution in [3.8, 4) is 0 Å². The monoisotopic (exact) mass is 417 g/mol. The molecular formula is C18H28ClN3O4S. The molecule has 0 aromatic heterocycles. The molecule has 2 heterocycles. The molecule has 2 atom stereocenters. The van der Waals surface area contributed by atoms with Gasteiger partial charge in [0.05, 0.1) is 18.1 Å². The fourth-order valence-corrected chi connectivity index (χ4v) is 5.08. The number of hydrogen-bond acceptors (Lipinski definition) is 5. The molecule has 7 nitrogen and oxygen atoms in total. The summed E-state index contributed by atoms with van der Waals surface area (Å²) >= 11 is 0. The lowest BCUT2D eigenvalue weighted by Crippen LogP contribution is -2.48. The summed E-state index contributed by atoms with van der Waals surface area (Å²) in [6, 6.07) is 4.99. The number of nitrogens with zero attached hydrogens (tertiary/aromatic N) is 1. The van der Waals surface area contributed by atoms with E-state index in [2.05, 4.69) is 17.6 Å². The Balaban J connectivity index is 0.00000261. The smallest absolute Gasteiger partial charge is 0.251 e. The molecule has 2 aliphatic heterocycles. The topological polar surface area (TPSA) is 87.7 Å². The maximum Gasteiger partial charge on any atom is 0.251 e. The summed E-state index contributed by atoms with van der Waals surface area (Å²) in [7, 11) is -3.63. The third kappa shape index (κ3) is 5.00. The molecule has 1 aromatic rings. The van der Waals surface area contributed by atoms with E-state index in [1.165, 1.54) is 10.4 Å². The quantitative estimate of drug-likeness (QED) is 0.767. The molecule has 27 heavy (non-hydrogen) atoms. The Hall–Kier alpha value is -1.19. The normalized spacial score (nSPS) is 24.1. The SMILES string of the molecule is Cc1ccc(C(=O)NC2CCNCC2C)cc1S(=O)(=O)N1CCOCC1.Cl. The molecule has 0 aliphatic carbocycles. The molecule has 0 saturated carbocycles. The van der Waals surface area contributed by atoms with Crippen LogP contribution in [-0.2, 0) is 14.8 Å². The zero-order valence-corrected chi connectivity index (χ0v) is 17.4. The molecule has 0 bridgehead atoms. The lowest BCUT2D eigenvalue weighted by molar-refractivity contribution is 0.0730. The second-order valence-corrected chi connectivity index (χ2v) is 8.95. The maximum absolute atomic E-state index is 13.0. The number of sulfonamides is 1. The number of aryl methyl sites for hydroxylation is 1. The Bertz CT molecular complexity index is 766. The van der Waals surface area contributed by atoms with E-state index in [1.54, 1.807) is 19.1 Å². The van der Waals surface area contributed by atoms with E-state index in [0.29, 0.717) is 43.3 Å². The number of morpholine rings is 1. The van der Waals surface area contributed by atoms with Crippen LogP contribution >= 0.6 is 12.4 Å². The van der Waals surface area contributed by atoms with Crippen LogP contribution in [-0.4, -0.2) is 64.1 Å². The van der Waals surface area contributed by atoms with Crippen molar-refractivity contribution in [1.82, 2.24) is 14.9 Å². The van der Waals surface area contributed by atoms with Crippen LogP contribution in [0, 0.1) is 12.8 Å². The van der Waals surface area contributed by atoms with Crippen molar-refractivity contribution in [3.63, 3.8) is 0 Å². The second-order valence-electron chi connectivity index (χ2n) is 7.05. The number of carbonyl (C=O) groups is 1. The zero-order valence-electron chi connectivity index (χ0n) is 15.7. The number of nitrogens with one attached hydrogen (secondary N) is 2. The van der Waals surface area contributed by atoms with Gasteiger partial charge in [0.2, 0.25) is 10.0 Å². The van der Waals surface area contributed by atoms with Gasteiger partial charge in [0, 0.05) is 24.7 Å². The fourth-order valence-electron chi connectivity index (χ4n) is 3.43. The van der Waals surface area contributed by atoms with Crippen molar-refractivity contribution >= 4 is 28.3 Å². The molecule has 9 heteroatoms. The van der Waals surface area contributed by atoms with Gasteiger partial charge in [-0.05, 0) is 50.0 Å². The Morgan fingerprint density at radius 2 is 2.00 bits per heavy atom. The van der Waals surface area contributed by atoms with Gasteiger partial charge in [0.15, 0.2) is 0 Å². The van der Waals surface area contributed by atoms with E-state index in [1.807, 2.05) is 0 Å².